The minimum absolute atomic E-state index is 0.124. The molecule has 0 spiro atoms. The van der Waals surface area contributed by atoms with Crippen LogP contribution in [0.25, 0.3) is 10.6 Å². The van der Waals surface area contributed by atoms with Gasteiger partial charge in [-0.3, -0.25) is 4.79 Å². The van der Waals surface area contributed by atoms with Crippen molar-refractivity contribution in [2.45, 2.75) is 6.42 Å². The van der Waals surface area contributed by atoms with Gasteiger partial charge in [0, 0.05) is 16.3 Å². The predicted molar refractivity (Wildman–Crippen MR) is 111 cm³/mol. The van der Waals surface area contributed by atoms with Gasteiger partial charge in [-0.05, 0) is 35.7 Å². The molecule has 2 heterocycles. The van der Waals surface area contributed by atoms with Crippen molar-refractivity contribution in [1.29, 1.82) is 0 Å². The van der Waals surface area contributed by atoms with Crippen LogP contribution in [-0.2, 0) is 11.2 Å². The molecule has 0 bridgehead atoms. The summed E-state index contributed by atoms with van der Waals surface area (Å²) in [4.78, 5) is 17.0. The van der Waals surface area contributed by atoms with Crippen LogP contribution in [0.1, 0.15) is 5.69 Å². The standard InChI is InChI=1S/C21H16N2O2S2/c24-20(12-16-14-27-21(22-16)15-10-11-26-13-15)23-18-8-4-5-9-19(18)25-17-6-2-1-3-7-17/h1-11,13-14H,12H2,(H,23,24). The van der Waals surface area contributed by atoms with Crippen LogP contribution in [0.4, 0.5) is 5.69 Å². The van der Waals surface area contributed by atoms with Crippen molar-refractivity contribution >= 4 is 34.3 Å². The number of hydrogen-bond donors (Lipinski definition) is 1. The highest BCUT2D eigenvalue weighted by Crippen LogP contribution is 2.29. The quantitative estimate of drug-likeness (QED) is 0.448. The van der Waals surface area contributed by atoms with Crippen molar-refractivity contribution in [3.05, 3.63) is 82.5 Å². The van der Waals surface area contributed by atoms with E-state index in [9.17, 15) is 4.79 Å². The average molecular weight is 393 g/mol. The van der Waals surface area contributed by atoms with Crippen molar-refractivity contribution in [3.8, 4) is 22.1 Å². The maximum absolute atomic E-state index is 12.5. The number of anilines is 1. The normalized spacial score (nSPS) is 10.5. The lowest BCUT2D eigenvalue weighted by atomic mass is 10.2. The number of carbonyl (C=O) groups is 1. The summed E-state index contributed by atoms with van der Waals surface area (Å²) < 4.78 is 5.89. The van der Waals surface area contributed by atoms with Gasteiger partial charge in [0.1, 0.15) is 10.8 Å². The Balaban J connectivity index is 1.44. The summed E-state index contributed by atoms with van der Waals surface area (Å²) in [5, 5.41) is 9.87. The van der Waals surface area contributed by atoms with E-state index in [4.69, 9.17) is 4.74 Å². The Hall–Kier alpha value is -2.96. The Labute approximate surface area is 165 Å². The zero-order valence-electron chi connectivity index (χ0n) is 14.3. The summed E-state index contributed by atoms with van der Waals surface area (Å²) >= 11 is 3.19. The maximum atomic E-state index is 12.5. The summed E-state index contributed by atoms with van der Waals surface area (Å²) in [6, 6.07) is 18.9. The topological polar surface area (TPSA) is 51.2 Å². The third-order valence-electron chi connectivity index (χ3n) is 3.79. The molecule has 4 aromatic rings. The molecule has 4 nitrogen and oxygen atoms in total. The van der Waals surface area contributed by atoms with Crippen molar-refractivity contribution in [2.75, 3.05) is 5.32 Å². The van der Waals surface area contributed by atoms with Gasteiger partial charge in [-0.2, -0.15) is 11.3 Å². The third-order valence-corrected chi connectivity index (χ3v) is 5.42. The average Bonchev–Trinajstić information content (AvgIpc) is 3.36. The molecule has 0 unspecified atom stereocenters. The van der Waals surface area contributed by atoms with E-state index < -0.39 is 0 Å². The van der Waals surface area contributed by atoms with Crippen LogP contribution in [0.15, 0.2) is 76.8 Å². The molecule has 2 aromatic heterocycles. The molecule has 0 saturated heterocycles. The maximum Gasteiger partial charge on any atom is 0.230 e. The van der Waals surface area contributed by atoms with E-state index >= 15 is 0 Å². The third kappa shape index (κ3) is 4.42. The molecule has 4 rings (SSSR count). The second-order valence-electron chi connectivity index (χ2n) is 5.79. The predicted octanol–water partition coefficient (Wildman–Crippen LogP) is 5.85. The van der Waals surface area contributed by atoms with Gasteiger partial charge in [0.2, 0.25) is 5.91 Å². The van der Waals surface area contributed by atoms with Gasteiger partial charge in [0.25, 0.3) is 0 Å². The van der Waals surface area contributed by atoms with Crippen molar-refractivity contribution in [2.24, 2.45) is 0 Å². The summed E-state index contributed by atoms with van der Waals surface area (Å²) in [6.45, 7) is 0. The highest BCUT2D eigenvalue weighted by atomic mass is 32.1. The van der Waals surface area contributed by atoms with Crippen LogP contribution >= 0.6 is 22.7 Å². The molecule has 0 fully saturated rings. The van der Waals surface area contributed by atoms with Gasteiger partial charge < -0.3 is 10.1 Å². The number of para-hydroxylation sites is 3. The zero-order valence-corrected chi connectivity index (χ0v) is 15.9. The molecule has 0 aliphatic carbocycles. The molecule has 0 aliphatic rings. The van der Waals surface area contributed by atoms with E-state index in [0.29, 0.717) is 11.4 Å². The number of aromatic nitrogens is 1. The number of thiazole rings is 1. The summed E-state index contributed by atoms with van der Waals surface area (Å²) in [5.74, 6) is 1.20. The minimum Gasteiger partial charge on any atom is -0.455 e. The van der Waals surface area contributed by atoms with E-state index in [0.717, 1.165) is 22.0 Å². The van der Waals surface area contributed by atoms with Crippen LogP contribution < -0.4 is 10.1 Å². The second kappa shape index (κ2) is 8.16. The Kier molecular flexibility index (Phi) is 5.27. The van der Waals surface area contributed by atoms with Gasteiger partial charge in [-0.15, -0.1) is 11.3 Å². The van der Waals surface area contributed by atoms with E-state index in [-0.39, 0.29) is 12.3 Å². The smallest absolute Gasteiger partial charge is 0.230 e. The summed E-state index contributed by atoms with van der Waals surface area (Å²) in [5.41, 5.74) is 2.50. The van der Waals surface area contributed by atoms with E-state index in [1.165, 1.54) is 0 Å². The zero-order chi connectivity index (χ0) is 18.5. The van der Waals surface area contributed by atoms with Crippen molar-refractivity contribution in [1.82, 2.24) is 4.98 Å². The summed E-state index contributed by atoms with van der Waals surface area (Å²) in [7, 11) is 0. The van der Waals surface area contributed by atoms with Gasteiger partial charge in [0.15, 0.2) is 5.75 Å². The van der Waals surface area contributed by atoms with Crippen LogP contribution in [0, 0.1) is 0 Å². The first-order valence-electron chi connectivity index (χ1n) is 8.37. The summed E-state index contributed by atoms with van der Waals surface area (Å²) in [6.07, 6.45) is 0.223. The second-order valence-corrected chi connectivity index (χ2v) is 7.43. The van der Waals surface area contributed by atoms with Crippen LogP contribution in [0.3, 0.4) is 0 Å². The molecule has 2 aromatic carbocycles. The SMILES string of the molecule is O=C(Cc1csc(-c2ccsc2)n1)Nc1ccccc1Oc1ccccc1. The largest absolute Gasteiger partial charge is 0.455 e. The molecule has 1 N–H and O–H groups in total. The Morgan fingerprint density at radius 2 is 1.81 bits per heavy atom. The van der Waals surface area contributed by atoms with Gasteiger partial charge in [-0.25, -0.2) is 4.98 Å². The number of nitrogens with zero attached hydrogens (tertiary/aromatic N) is 1. The molecule has 1 amide bonds. The van der Waals surface area contributed by atoms with Gasteiger partial charge in [0.05, 0.1) is 17.8 Å². The lowest BCUT2D eigenvalue weighted by Crippen LogP contribution is -2.15. The molecular formula is C21H16N2O2S2. The Morgan fingerprint density at radius 3 is 2.63 bits per heavy atom. The minimum atomic E-state index is -0.124. The van der Waals surface area contributed by atoms with E-state index in [1.54, 1.807) is 22.7 Å². The molecule has 0 radical (unpaired) electrons. The molecule has 0 atom stereocenters. The number of benzene rings is 2. The lowest BCUT2D eigenvalue weighted by Gasteiger charge is -2.11. The van der Waals surface area contributed by atoms with Crippen molar-refractivity contribution in [3.63, 3.8) is 0 Å². The first kappa shape index (κ1) is 17.5. The number of carbonyl (C=O) groups excluding carboxylic acids is 1. The number of nitrogens with one attached hydrogen (secondary N) is 1. The van der Waals surface area contributed by atoms with E-state index in [1.807, 2.05) is 71.4 Å². The Morgan fingerprint density at radius 1 is 1.00 bits per heavy atom. The molecule has 27 heavy (non-hydrogen) atoms. The van der Waals surface area contributed by atoms with Crippen LogP contribution in [0.2, 0.25) is 0 Å². The highest BCUT2D eigenvalue weighted by Gasteiger charge is 2.12. The molecular weight excluding hydrogens is 376 g/mol. The highest BCUT2D eigenvalue weighted by molar-refractivity contribution is 7.14. The molecule has 134 valence electrons. The first-order chi connectivity index (χ1) is 13.3. The van der Waals surface area contributed by atoms with Crippen LogP contribution in [0.5, 0.6) is 11.5 Å². The fourth-order valence-electron chi connectivity index (χ4n) is 2.54. The number of amides is 1. The molecule has 0 saturated carbocycles. The van der Waals surface area contributed by atoms with Crippen molar-refractivity contribution < 1.29 is 9.53 Å². The van der Waals surface area contributed by atoms with Crippen LogP contribution in [-0.4, -0.2) is 10.9 Å². The fraction of sp³-hybridized carbons (Fsp3) is 0.0476. The number of rotatable bonds is 6. The van der Waals surface area contributed by atoms with Gasteiger partial charge in [-0.1, -0.05) is 30.3 Å². The number of ether oxygens (including phenoxy) is 1. The monoisotopic (exact) mass is 392 g/mol. The Bertz CT molecular complexity index is 1030. The number of thiophene rings is 1. The number of hydrogen-bond acceptors (Lipinski definition) is 5. The molecule has 0 aliphatic heterocycles. The van der Waals surface area contributed by atoms with Gasteiger partial charge >= 0.3 is 0 Å². The fourth-order valence-corrected chi connectivity index (χ4v) is 4.07. The van der Waals surface area contributed by atoms with E-state index in [2.05, 4.69) is 15.7 Å². The lowest BCUT2D eigenvalue weighted by molar-refractivity contribution is -0.115. The first-order valence-corrected chi connectivity index (χ1v) is 10.2. The molecule has 6 heteroatoms.